The van der Waals surface area contributed by atoms with Gasteiger partial charge in [-0.3, -0.25) is 24.3 Å². The Kier molecular flexibility index (Phi) is 12.4. The van der Waals surface area contributed by atoms with Gasteiger partial charge in [0, 0.05) is 16.9 Å². The van der Waals surface area contributed by atoms with E-state index in [1.165, 1.54) is 16.8 Å². The van der Waals surface area contributed by atoms with E-state index in [0.29, 0.717) is 22.4 Å². The van der Waals surface area contributed by atoms with Crippen LogP contribution in [0.4, 0.5) is 5.13 Å². The summed E-state index contributed by atoms with van der Waals surface area (Å²) in [5.41, 5.74) is -0.953. The molecule has 0 saturated heterocycles. The number of amides is 1. The van der Waals surface area contributed by atoms with E-state index in [-0.39, 0.29) is 36.6 Å². The second-order valence-electron chi connectivity index (χ2n) is 11.2. The Morgan fingerprint density at radius 3 is 2.09 bits per heavy atom. The summed E-state index contributed by atoms with van der Waals surface area (Å²) in [6.07, 6.45) is 0.0903. The minimum Gasteiger partial charge on any atom is -0.491 e. The topological polar surface area (TPSA) is 167 Å². The average molecular weight is 676 g/mol. The minimum absolute atomic E-state index is 0.137. The molecule has 250 valence electrons. The van der Waals surface area contributed by atoms with Gasteiger partial charge in [-0.05, 0) is 91.3 Å². The summed E-state index contributed by atoms with van der Waals surface area (Å²) in [7, 11) is -3.90. The first-order valence-corrected chi connectivity index (χ1v) is 17.4. The molecule has 0 saturated carbocycles. The number of carbonyl (C=O) groups excluding carboxylic acids is 3. The van der Waals surface area contributed by atoms with Gasteiger partial charge in [-0.25, -0.2) is 10.2 Å². The van der Waals surface area contributed by atoms with Crippen LogP contribution < -0.4 is 30.3 Å². The van der Waals surface area contributed by atoms with Gasteiger partial charge < -0.3 is 18.9 Å². The van der Waals surface area contributed by atoms with Crippen LogP contribution in [-0.4, -0.2) is 58.4 Å². The monoisotopic (exact) mass is 675 g/mol. The van der Waals surface area contributed by atoms with Crippen LogP contribution in [0.1, 0.15) is 72.2 Å². The summed E-state index contributed by atoms with van der Waals surface area (Å²) in [5.74, 6) is -0.515. The highest BCUT2D eigenvalue weighted by molar-refractivity contribution is 7.68. The highest BCUT2D eigenvalue weighted by Crippen LogP contribution is 2.42. The molecule has 0 fully saturated rings. The molecule has 0 aliphatic rings. The van der Waals surface area contributed by atoms with Crippen molar-refractivity contribution in [3.8, 4) is 17.2 Å². The number of hydrogen-bond donors (Lipinski definition) is 3. The molecule has 1 aromatic heterocycles. The standard InChI is InChI=1S/C31H42N5O8PS/c1-9-31(8,28(39)42-11-3)36-45(40,35-30(6,7)27(38)41-10-2)25-14-12-22(13-15-25)44-24-17-21(16-23(18-24)43-20(4)5)26(37)33-29-34-32-19-46-29/h12-20H,9-11H2,1-8H3,(H,33,34,37)(H2,35,36,40). The lowest BCUT2D eigenvalue weighted by Gasteiger charge is -2.36. The van der Waals surface area contributed by atoms with E-state index in [1.54, 1.807) is 84.0 Å². The summed E-state index contributed by atoms with van der Waals surface area (Å²) in [6, 6.07) is 11.1. The summed E-state index contributed by atoms with van der Waals surface area (Å²) in [6.45, 7) is 13.8. The van der Waals surface area contributed by atoms with E-state index < -0.39 is 36.4 Å². The fraction of sp³-hybridized carbons (Fsp3) is 0.452. The number of aromatic nitrogens is 2. The van der Waals surface area contributed by atoms with E-state index in [9.17, 15) is 18.9 Å². The van der Waals surface area contributed by atoms with E-state index >= 15 is 0 Å². The number of anilines is 1. The Morgan fingerprint density at radius 1 is 0.891 bits per heavy atom. The summed E-state index contributed by atoms with van der Waals surface area (Å²) < 4.78 is 37.1. The number of esters is 2. The average Bonchev–Trinajstić information content (AvgIpc) is 3.50. The zero-order valence-electron chi connectivity index (χ0n) is 27.3. The molecule has 1 amide bonds. The SMILES string of the molecule is CCOC(=O)C(C)(C)NP(=O)(NC(C)(CC)C(=O)OCC)c1ccc(Oc2cc(OC(C)C)cc(C(=O)Nc3nncs3)c2)cc1. The minimum atomic E-state index is -3.90. The third-order valence-electron chi connectivity index (χ3n) is 6.59. The number of nitrogens with zero attached hydrogens (tertiary/aromatic N) is 2. The number of carbonyl (C=O) groups is 3. The van der Waals surface area contributed by atoms with Crippen molar-refractivity contribution in [3.05, 3.63) is 53.5 Å². The summed E-state index contributed by atoms with van der Waals surface area (Å²) in [5, 5.41) is 16.8. The van der Waals surface area contributed by atoms with Crippen LogP contribution in [0, 0.1) is 0 Å². The molecule has 46 heavy (non-hydrogen) atoms. The number of benzene rings is 2. The van der Waals surface area contributed by atoms with Gasteiger partial charge in [0.05, 0.1) is 19.3 Å². The summed E-state index contributed by atoms with van der Waals surface area (Å²) in [4.78, 5) is 38.7. The van der Waals surface area contributed by atoms with Crippen molar-refractivity contribution in [2.75, 3.05) is 18.5 Å². The quantitative estimate of drug-likeness (QED) is 0.130. The van der Waals surface area contributed by atoms with Crippen molar-refractivity contribution < 1.29 is 37.9 Å². The van der Waals surface area contributed by atoms with Gasteiger partial charge in [0.1, 0.15) is 33.8 Å². The second-order valence-corrected chi connectivity index (χ2v) is 14.3. The van der Waals surface area contributed by atoms with Gasteiger partial charge in [0.2, 0.25) is 12.6 Å². The molecule has 0 spiro atoms. The summed E-state index contributed by atoms with van der Waals surface area (Å²) >= 11 is 1.19. The van der Waals surface area contributed by atoms with Crippen molar-refractivity contribution in [3.63, 3.8) is 0 Å². The van der Waals surface area contributed by atoms with Crippen molar-refractivity contribution in [2.45, 2.75) is 79.0 Å². The van der Waals surface area contributed by atoms with Crippen LogP contribution in [0.5, 0.6) is 17.2 Å². The van der Waals surface area contributed by atoms with E-state index in [4.69, 9.17) is 18.9 Å². The molecular formula is C31H42N5O8PS. The first kappa shape index (κ1) is 36.6. The molecular weight excluding hydrogens is 633 g/mol. The third-order valence-corrected chi connectivity index (χ3v) is 9.90. The zero-order chi connectivity index (χ0) is 34.1. The highest BCUT2D eigenvalue weighted by atomic mass is 32.1. The van der Waals surface area contributed by atoms with Crippen LogP contribution in [0.25, 0.3) is 0 Å². The Morgan fingerprint density at radius 2 is 1.52 bits per heavy atom. The lowest BCUT2D eigenvalue weighted by Crippen LogP contribution is -2.56. The molecule has 3 aromatic rings. The van der Waals surface area contributed by atoms with E-state index in [0.717, 1.165) is 0 Å². The van der Waals surface area contributed by atoms with Crippen LogP contribution in [0.3, 0.4) is 0 Å². The smallest absolute Gasteiger partial charge is 0.326 e. The number of ether oxygens (including phenoxy) is 4. The van der Waals surface area contributed by atoms with Crippen molar-refractivity contribution in [1.82, 2.24) is 20.4 Å². The zero-order valence-corrected chi connectivity index (χ0v) is 29.0. The molecule has 3 rings (SSSR count). The van der Waals surface area contributed by atoms with Gasteiger partial charge >= 0.3 is 11.9 Å². The van der Waals surface area contributed by atoms with Gasteiger partial charge in [0.25, 0.3) is 5.91 Å². The molecule has 2 atom stereocenters. The van der Waals surface area contributed by atoms with Crippen molar-refractivity contribution >= 4 is 47.1 Å². The van der Waals surface area contributed by atoms with Gasteiger partial charge in [-0.15, -0.1) is 10.2 Å². The van der Waals surface area contributed by atoms with Gasteiger partial charge in [-0.1, -0.05) is 18.3 Å². The molecule has 0 bridgehead atoms. The normalized spacial score (nSPS) is 14.1. The van der Waals surface area contributed by atoms with E-state index in [2.05, 4.69) is 25.7 Å². The lowest BCUT2D eigenvalue weighted by atomic mass is 10.0. The Bertz CT molecular complexity index is 1550. The highest BCUT2D eigenvalue weighted by Gasteiger charge is 2.45. The first-order chi connectivity index (χ1) is 21.6. The molecule has 0 aliphatic heterocycles. The lowest BCUT2D eigenvalue weighted by molar-refractivity contribution is -0.149. The molecule has 3 N–H and O–H groups in total. The predicted molar refractivity (Wildman–Crippen MR) is 176 cm³/mol. The number of rotatable bonds is 16. The largest absolute Gasteiger partial charge is 0.491 e. The maximum absolute atomic E-state index is 14.7. The molecule has 1 heterocycles. The predicted octanol–water partition coefficient (Wildman–Crippen LogP) is 5.44. The van der Waals surface area contributed by atoms with Crippen molar-refractivity contribution in [2.24, 2.45) is 0 Å². The van der Waals surface area contributed by atoms with Gasteiger partial charge in [-0.2, -0.15) is 0 Å². The maximum Gasteiger partial charge on any atom is 0.326 e. The molecule has 2 unspecified atom stereocenters. The first-order valence-electron chi connectivity index (χ1n) is 14.9. The molecule has 0 aliphatic carbocycles. The van der Waals surface area contributed by atoms with Crippen molar-refractivity contribution in [1.29, 1.82) is 0 Å². The van der Waals surface area contributed by atoms with Crippen LogP contribution in [0.15, 0.2) is 48.0 Å². The van der Waals surface area contributed by atoms with Crippen LogP contribution in [-0.2, 0) is 23.6 Å². The van der Waals surface area contributed by atoms with Crippen LogP contribution in [0.2, 0.25) is 0 Å². The molecule has 15 heteroatoms. The fourth-order valence-corrected chi connectivity index (χ4v) is 7.32. The third kappa shape index (κ3) is 9.58. The van der Waals surface area contributed by atoms with Crippen LogP contribution >= 0.6 is 18.8 Å². The molecule has 2 aromatic carbocycles. The number of nitrogens with one attached hydrogen (secondary N) is 3. The maximum atomic E-state index is 14.7. The Balaban J connectivity index is 1.97. The molecule has 13 nitrogen and oxygen atoms in total. The second kappa shape index (κ2) is 15.6. The molecule has 0 radical (unpaired) electrons. The Hall–Kier alpha value is -3.84. The number of hydrogen-bond acceptors (Lipinski definition) is 11. The van der Waals surface area contributed by atoms with Gasteiger partial charge in [0.15, 0.2) is 0 Å². The Labute approximate surface area is 273 Å². The fourth-order valence-electron chi connectivity index (χ4n) is 4.17. The van der Waals surface area contributed by atoms with E-state index in [1.807, 2.05) is 13.8 Å².